The summed E-state index contributed by atoms with van der Waals surface area (Å²) in [5.74, 6) is -0.109. The lowest BCUT2D eigenvalue weighted by Crippen LogP contribution is -2.54. The first-order chi connectivity index (χ1) is 11.9. The molecule has 0 unspecified atom stereocenters. The van der Waals surface area contributed by atoms with Gasteiger partial charge in [0.25, 0.3) is 5.91 Å². The van der Waals surface area contributed by atoms with Crippen molar-refractivity contribution >= 4 is 29.3 Å². The molecule has 3 amide bonds. The number of carbonyl (C=O) groups excluding carboxylic acids is 3. The van der Waals surface area contributed by atoms with Gasteiger partial charge in [0.2, 0.25) is 0 Å². The summed E-state index contributed by atoms with van der Waals surface area (Å²) in [6.07, 6.45) is 3.46. The highest BCUT2D eigenvalue weighted by Gasteiger charge is 2.55. The van der Waals surface area contributed by atoms with Gasteiger partial charge in [-0.3, -0.25) is 14.5 Å². The molecule has 1 aliphatic carbocycles. The Morgan fingerprint density at radius 1 is 1.40 bits per heavy atom. The summed E-state index contributed by atoms with van der Waals surface area (Å²) < 4.78 is 5.06. The second-order valence-electron chi connectivity index (χ2n) is 6.71. The van der Waals surface area contributed by atoms with E-state index in [0.29, 0.717) is 22.8 Å². The van der Waals surface area contributed by atoms with Crippen molar-refractivity contribution in [3.63, 3.8) is 0 Å². The topological polar surface area (TPSA) is 75.7 Å². The molecule has 2 atom stereocenters. The van der Waals surface area contributed by atoms with E-state index in [9.17, 15) is 14.4 Å². The van der Waals surface area contributed by atoms with E-state index in [1.165, 1.54) is 13.2 Å². The summed E-state index contributed by atoms with van der Waals surface area (Å²) in [6.45, 7) is 1.69. The van der Waals surface area contributed by atoms with Gasteiger partial charge in [-0.05, 0) is 37.0 Å². The third-order valence-electron chi connectivity index (χ3n) is 5.28. The molecule has 1 heterocycles. The quantitative estimate of drug-likeness (QED) is 0.658. The number of hydrogen-bond donors (Lipinski definition) is 1. The van der Waals surface area contributed by atoms with E-state index in [1.54, 1.807) is 12.1 Å². The van der Waals surface area contributed by atoms with E-state index < -0.39 is 11.6 Å². The lowest BCUT2D eigenvalue weighted by Gasteiger charge is -2.36. The van der Waals surface area contributed by atoms with Crippen molar-refractivity contribution in [3.8, 4) is 5.75 Å². The lowest BCUT2D eigenvalue weighted by atomic mass is 9.73. The van der Waals surface area contributed by atoms with Gasteiger partial charge < -0.3 is 10.1 Å². The molecular formula is C18H21ClN2O4. The fourth-order valence-electron chi connectivity index (χ4n) is 3.71. The number of rotatable bonds is 4. The maximum Gasteiger partial charge on any atom is 0.325 e. The van der Waals surface area contributed by atoms with Crippen molar-refractivity contribution in [1.29, 1.82) is 0 Å². The first kappa shape index (κ1) is 17.7. The highest BCUT2D eigenvalue weighted by Crippen LogP contribution is 2.38. The Morgan fingerprint density at radius 2 is 2.16 bits per heavy atom. The Labute approximate surface area is 151 Å². The number of benzene rings is 1. The molecule has 0 bridgehead atoms. The molecule has 1 N–H and O–H groups in total. The summed E-state index contributed by atoms with van der Waals surface area (Å²) in [6, 6.07) is 4.16. The molecule has 0 aromatic heterocycles. The number of halogens is 1. The van der Waals surface area contributed by atoms with Crippen LogP contribution < -0.4 is 10.1 Å². The molecule has 1 saturated carbocycles. The molecule has 1 saturated heterocycles. The fourth-order valence-corrected chi connectivity index (χ4v) is 3.97. The SMILES string of the molecule is COc1ccc(C(=O)CN2C(=O)N[C@]3(CCCC[C@H]3C)C2=O)cc1Cl. The van der Waals surface area contributed by atoms with Crippen LogP contribution in [0.5, 0.6) is 5.75 Å². The van der Waals surface area contributed by atoms with Crippen LogP contribution >= 0.6 is 11.6 Å². The maximum atomic E-state index is 12.9. The number of methoxy groups -OCH3 is 1. The van der Waals surface area contributed by atoms with Crippen LogP contribution in [0.2, 0.25) is 5.02 Å². The molecule has 7 heteroatoms. The smallest absolute Gasteiger partial charge is 0.325 e. The zero-order valence-electron chi connectivity index (χ0n) is 14.3. The normalized spacial score (nSPS) is 26.0. The van der Waals surface area contributed by atoms with Crippen LogP contribution in [0, 0.1) is 5.92 Å². The van der Waals surface area contributed by atoms with Crippen LogP contribution in [0.15, 0.2) is 18.2 Å². The van der Waals surface area contributed by atoms with Gasteiger partial charge in [-0.25, -0.2) is 4.79 Å². The molecule has 0 radical (unpaired) electrons. The van der Waals surface area contributed by atoms with Crippen LogP contribution in [0.1, 0.15) is 43.0 Å². The Hall–Kier alpha value is -2.08. The number of imide groups is 1. The van der Waals surface area contributed by atoms with Gasteiger partial charge in [0, 0.05) is 5.56 Å². The van der Waals surface area contributed by atoms with Gasteiger partial charge in [-0.1, -0.05) is 31.4 Å². The summed E-state index contributed by atoms with van der Waals surface area (Å²) in [4.78, 5) is 38.8. The molecule has 25 heavy (non-hydrogen) atoms. The average Bonchev–Trinajstić information content (AvgIpc) is 2.82. The second-order valence-corrected chi connectivity index (χ2v) is 7.12. The Kier molecular flexibility index (Phi) is 4.73. The van der Waals surface area contributed by atoms with E-state index in [-0.39, 0.29) is 24.2 Å². The van der Waals surface area contributed by atoms with E-state index in [2.05, 4.69) is 5.32 Å². The number of amides is 3. The molecule has 1 spiro atoms. The van der Waals surface area contributed by atoms with E-state index >= 15 is 0 Å². The number of carbonyl (C=O) groups is 3. The molecule has 1 aromatic rings. The number of ketones is 1. The van der Waals surface area contributed by atoms with Gasteiger partial charge >= 0.3 is 6.03 Å². The van der Waals surface area contributed by atoms with E-state index in [4.69, 9.17) is 16.3 Å². The number of hydrogen-bond acceptors (Lipinski definition) is 4. The minimum absolute atomic E-state index is 0.0632. The zero-order chi connectivity index (χ0) is 18.2. The Morgan fingerprint density at radius 3 is 2.80 bits per heavy atom. The summed E-state index contributed by atoms with van der Waals surface area (Å²) in [5.41, 5.74) is -0.517. The molecule has 134 valence electrons. The summed E-state index contributed by atoms with van der Waals surface area (Å²) in [7, 11) is 1.49. The van der Waals surface area contributed by atoms with Crippen molar-refractivity contribution in [2.24, 2.45) is 5.92 Å². The van der Waals surface area contributed by atoms with Crippen molar-refractivity contribution in [2.45, 2.75) is 38.1 Å². The average molecular weight is 365 g/mol. The number of Topliss-reactive ketones (excluding diaryl/α,β-unsaturated/α-hetero) is 1. The standard InChI is InChI=1S/C18H21ClN2O4/c1-11-5-3-4-8-18(11)16(23)21(17(24)20-18)10-14(22)12-6-7-15(25-2)13(19)9-12/h6-7,9,11H,3-5,8,10H2,1-2H3,(H,20,24)/t11-,18+/m1/s1. The minimum atomic E-state index is -0.854. The number of nitrogens with one attached hydrogen (secondary N) is 1. The van der Waals surface area contributed by atoms with Gasteiger partial charge in [0.05, 0.1) is 18.7 Å². The van der Waals surface area contributed by atoms with Crippen molar-refractivity contribution < 1.29 is 19.1 Å². The van der Waals surface area contributed by atoms with Gasteiger partial charge in [0.15, 0.2) is 5.78 Å². The first-order valence-corrected chi connectivity index (χ1v) is 8.77. The summed E-state index contributed by atoms with van der Waals surface area (Å²) in [5, 5.41) is 3.15. The molecule has 1 aliphatic heterocycles. The molecule has 2 aliphatic rings. The monoisotopic (exact) mass is 364 g/mol. The number of urea groups is 1. The predicted molar refractivity (Wildman–Crippen MR) is 92.9 cm³/mol. The third kappa shape index (κ3) is 2.99. The minimum Gasteiger partial charge on any atom is -0.495 e. The number of ether oxygens (including phenoxy) is 1. The van der Waals surface area contributed by atoms with Gasteiger partial charge in [-0.2, -0.15) is 0 Å². The highest BCUT2D eigenvalue weighted by molar-refractivity contribution is 6.32. The maximum absolute atomic E-state index is 12.9. The van der Waals surface area contributed by atoms with E-state index in [1.807, 2.05) is 6.92 Å². The molecule has 3 rings (SSSR count). The lowest BCUT2D eigenvalue weighted by molar-refractivity contribution is -0.133. The predicted octanol–water partition coefficient (Wildman–Crippen LogP) is 3.03. The van der Waals surface area contributed by atoms with Crippen LogP contribution in [0.3, 0.4) is 0 Å². The third-order valence-corrected chi connectivity index (χ3v) is 5.57. The second kappa shape index (κ2) is 6.67. The molecular weight excluding hydrogens is 344 g/mol. The largest absolute Gasteiger partial charge is 0.495 e. The Balaban J connectivity index is 1.78. The van der Waals surface area contributed by atoms with Gasteiger partial charge in [-0.15, -0.1) is 0 Å². The van der Waals surface area contributed by atoms with Crippen molar-refractivity contribution in [2.75, 3.05) is 13.7 Å². The number of nitrogens with zero attached hydrogens (tertiary/aromatic N) is 1. The summed E-state index contributed by atoms with van der Waals surface area (Å²) >= 11 is 6.05. The van der Waals surface area contributed by atoms with Crippen molar-refractivity contribution in [3.05, 3.63) is 28.8 Å². The van der Waals surface area contributed by atoms with Crippen LogP contribution in [0.25, 0.3) is 0 Å². The highest BCUT2D eigenvalue weighted by atomic mass is 35.5. The molecule has 2 fully saturated rings. The van der Waals surface area contributed by atoms with Crippen LogP contribution in [-0.2, 0) is 4.79 Å². The van der Waals surface area contributed by atoms with Crippen LogP contribution in [-0.4, -0.2) is 41.8 Å². The molecule has 1 aromatic carbocycles. The Bertz CT molecular complexity index is 736. The van der Waals surface area contributed by atoms with Crippen molar-refractivity contribution in [1.82, 2.24) is 10.2 Å². The van der Waals surface area contributed by atoms with E-state index in [0.717, 1.165) is 24.2 Å². The fraction of sp³-hybridized carbons (Fsp3) is 0.500. The molecule has 6 nitrogen and oxygen atoms in total. The first-order valence-electron chi connectivity index (χ1n) is 8.40. The zero-order valence-corrected chi connectivity index (χ0v) is 15.1. The van der Waals surface area contributed by atoms with Gasteiger partial charge in [0.1, 0.15) is 11.3 Å². The van der Waals surface area contributed by atoms with Crippen LogP contribution in [0.4, 0.5) is 4.79 Å².